The van der Waals surface area contributed by atoms with Gasteiger partial charge in [-0.05, 0) is 25.0 Å². The minimum atomic E-state index is -3.66. The number of anilines is 1. The molecular formula is C12H11NO5S. The summed E-state index contributed by atoms with van der Waals surface area (Å²) in [5.41, 5.74) is -1.18. The van der Waals surface area contributed by atoms with Gasteiger partial charge in [0.05, 0.1) is 27.3 Å². The number of carboxylic acid groups (broad SMARTS) is 1. The van der Waals surface area contributed by atoms with E-state index >= 15 is 0 Å². The number of amides is 1. The third-order valence-corrected chi connectivity index (χ3v) is 5.57. The molecule has 0 atom stereocenters. The number of nitrogens with one attached hydrogen (secondary N) is 1. The number of aromatic carboxylic acids is 1. The number of carboxylic acids is 1. The van der Waals surface area contributed by atoms with Gasteiger partial charge >= 0.3 is 5.97 Å². The fraction of sp³-hybridized carbons (Fsp3) is 0.333. The first-order chi connectivity index (χ1) is 8.86. The summed E-state index contributed by atoms with van der Waals surface area (Å²) in [4.78, 5) is 23.1. The molecule has 1 heterocycles. The molecule has 0 unspecified atom stereocenters. The van der Waals surface area contributed by atoms with Crippen LogP contribution in [0.15, 0.2) is 23.1 Å². The molecule has 1 aliphatic carbocycles. The monoisotopic (exact) mass is 281 g/mol. The van der Waals surface area contributed by atoms with Crippen molar-refractivity contribution in [3.8, 4) is 0 Å². The lowest BCUT2D eigenvalue weighted by Gasteiger charge is -2.10. The van der Waals surface area contributed by atoms with Crippen LogP contribution in [-0.4, -0.2) is 31.2 Å². The zero-order valence-corrected chi connectivity index (χ0v) is 10.7. The molecule has 3 rings (SSSR count). The second kappa shape index (κ2) is 3.57. The number of hydrogen-bond donors (Lipinski definition) is 2. The van der Waals surface area contributed by atoms with E-state index in [1.165, 1.54) is 18.2 Å². The van der Waals surface area contributed by atoms with Crippen LogP contribution in [0.2, 0.25) is 0 Å². The van der Waals surface area contributed by atoms with Crippen molar-refractivity contribution in [1.82, 2.24) is 0 Å². The number of carbonyl (C=O) groups is 2. The van der Waals surface area contributed by atoms with Gasteiger partial charge < -0.3 is 10.4 Å². The zero-order valence-electron chi connectivity index (χ0n) is 9.84. The van der Waals surface area contributed by atoms with Crippen LogP contribution in [0.5, 0.6) is 0 Å². The maximum Gasteiger partial charge on any atom is 0.337 e. The Balaban J connectivity index is 2.26. The SMILES string of the molecule is O=C(O)c1cccc2c1NC(=O)C1(CC1)CS2(=O)=O. The highest BCUT2D eigenvalue weighted by Gasteiger charge is 2.55. The fourth-order valence-corrected chi connectivity index (χ4v) is 4.43. The highest BCUT2D eigenvalue weighted by molar-refractivity contribution is 7.91. The molecule has 1 saturated carbocycles. The summed E-state index contributed by atoms with van der Waals surface area (Å²) >= 11 is 0. The molecule has 1 aromatic carbocycles. The molecule has 2 aliphatic rings. The van der Waals surface area contributed by atoms with Crippen molar-refractivity contribution in [1.29, 1.82) is 0 Å². The molecule has 0 saturated heterocycles. The molecule has 0 bridgehead atoms. The fourth-order valence-electron chi connectivity index (χ4n) is 2.37. The van der Waals surface area contributed by atoms with Crippen molar-refractivity contribution < 1.29 is 23.1 Å². The number of carbonyl (C=O) groups excluding carboxylic acids is 1. The van der Waals surface area contributed by atoms with Gasteiger partial charge in [0.15, 0.2) is 9.84 Å². The van der Waals surface area contributed by atoms with Gasteiger partial charge in [-0.1, -0.05) is 6.07 Å². The second-order valence-electron chi connectivity index (χ2n) is 4.98. The van der Waals surface area contributed by atoms with Gasteiger partial charge in [-0.3, -0.25) is 4.79 Å². The standard InChI is InChI=1S/C12H11NO5S/c14-10(15)7-2-1-3-8-9(7)13-11(16)12(4-5-12)6-19(8,17)18/h1-3H,4-6H2,(H,13,16)(H,14,15). The largest absolute Gasteiger partial charge is 0.478 e. The third-order valence-electron chi connectivity index (χ3n) is 3.63. The smallest absolute Gasteiger partial charge is 0.337 e. The van der Waals surface area contributed by atoms with E-state index < -0.39 is 27.1 Å². The van der Waals surface area contributed by atoms with Crippen molar-refractivity contribution in [2.75, 3.05) is 11.1 Å². The number of para-hydroxylation sites is 1. The first-order valence-electron chi connectivity index (χ1n) is 5.76. The van der Waals surface area contributed by atoms with Gasteiger partial charge in [-0.15, -0.1) is 0 Å². The summed E-state index contributed by atoms with van der Waals surface area (Å²) in [5, 5.41) is 11.6. The van der Waals surface area contributed by atoms with Gasteiger partial charge in [0, 0.05) is 0 Å². The number of fused-ring (bicyclic) bond motifs is 1. The maximum absolute atomic E-state index is 12.3. The number of rotatable bonds is 1. The molecule has 1 aromatic rings. The molecule has 100 valence electrons. The number of hydrogen-bond acceptors (Lipinski definition) is 4. The quantitative estimate of drug-likeness (QED) is 0.796. The molecule has 0 radical (unpaired) electrons. The van der Waals surface area contributed by atoms with Crippen LogP contribution in [0.25, 0.3) is 0 Å². The molecule has 2 N–H and O–H groups in total. The topological polar surface area (TPSA) is 101 Å². The van der Waals surface area contributed by atoms with Crippen LogP contribution in [0, 0.1) is 5.41 Å². The van der Waals surface area contributed by atoms with Crippen molar-refractivity contribution in [2.24, 2.45) is 5.41 Å². The summed E-state index contributed by atoms with van der Waals surface area (Å²) in [5.74, 6) is -1.91. The molecule has 7 heteroatoms. The zero-order chi connectivity index (χ0) is 13.8. The van der Waals surface area contributed by atoms with E-state index in [2.05, 4.69) is 5.32 Å². The van der Waals surface area contributed by atoms with Gasteiger partial charge in [0.2, 0.25) is 5.91 Å². The summed E-state index contributed by atoms with van der Waals surface area (Å²) in [7, 11) is -3.66. The number of benzene rings is 1. The predicted molar refractivity (Wildman–Crippen MR) is 65.8 cm³/mol. The molecule has 1 spiro atoms. The Labute approximate surface area is 109 Å². The Morgan fingerprint density at radius 2 is 2.00 bits per heavy atom. The average molecular weight is 281 g/mol. The van der Waals surface area contributed by atoms with Crippen molar-refractivity contribution in [3.63, 3.8) is 0 Å². The lowest BCUT2D eigenvalue weighted by Crippen LogP contribution is -2.27. The van der Waals surface area contributed by atoms with Gasteiger partial charge in [0.1, 0.15) is 0 Å². The minimum absolute atomic E-state index is 0.107. The van der Waals surface area contributed by atoms with Crippen LogP contribution in [0.4, 0.5) is 5.69 Å². The van der Waals surface area contributed by atoms with Gasteiger partial charge in [-0.25, -0.2) is 13.2 Å². The normalized spacial score (nSPS) is 22.2. The molecule has 1 amide bonds. The first kappa shape index (κ1) is 12.2. The molecule has 1 fully saturated rings. The Morgan fingerprint density at radius 1 is 1.32 bits per heavy atom. The van der Waals surface area contributed by atoms with Crippen LogP contribution < -0.4 is 5.32 Å². The highest BCUT2D eigenvalue weighted by atomic mass is 32.2. The molecule has 19 heavy (non-hydrogen) atoms. The van der Waals surface area contributed by atoms with Crippen molar-refractivity contribution in [2.45, 2.75) is 17.7 Å². The van der Waals surface area contributed by atoms with E-state index in [4.69, 9.17) is 5.11 Å². The summed E-state index contributed by atoms with van der Waals surface area (Å²) in [6.07, 6.45) is 1.04. The first-order valence-corrected chi connectivity index (χ1v) is 7.41. The van der Waals surface area contributed by atoms with Gasteiger partial charge in [-0.2, -0.15) is 0 Å². The van der Waals surface area contributed by atoms with E-state index in [9.17, 15) is 18.0 Å². The lowest BCUT2D eigenvalue weighted by molar-refractivity contribution is -0.120. The highest BCUT2D eigenvalue weighted by Crippen LogP contribution is 2.51. The van der Waals surface area contributed by atoms with Crippen LogP contribution in [0.3, 0.4) is 0 Å². The van der Waals surface area contributed by atoms with Crippen molar-refractivity contribution >= 4 is 27.4 Å². The lowest BCUT2D eigenvalue weighted by atomic mass is 10.1. The molecule has 1 aliphatic heterocycles. The van der Waals surface area contributed by atoms with Crippen LogP contribution in [0.1, 0.15) is 23.2 Å². The summed E-state index contributed by atoms with van der Waals surface area (Å²) < 4.78 is 24.6. The van der Waals surface area contributed by atoms with Gasteiger partial charge in [0.25, 0.3) is 0 Å². The van der Waals surface area contributed by atoms with Crippen molar-refractivity contribution in [3.05, 3.63) is 23.8 Å². The second-order valence-corrected chi connectivity index (χ2v) is 6.94. The number of sulfone groups is 1. The maximum atomic E-state index is 12.3. The van der Waals surface area contributed by atoms with Crippen LogP contribution >= 0.6 is 0 Å². The van der Waals surface area contributed by atoms with Crippen LogP contribution in [-0.2, 0) is 14.6 Å². The Morgan fingerprint density at radius 3 is 2.58 bits per heavy atom. The molecule has 6 nitrogen and oxygen atoms in total. The Kier molecular flexibility index (Phi) is 2.28. The predicted octanol–water partition coefficient (Wildman–Crippen LogP) is 0.891. The minimum Gasteiger partial charge on any atom is -0.478 e. The molecular weight excluding hydrogens is 270 g/mol. The Hall–Kier alpha value is -1.89. The van der Waals surface area contributed by atoms with E-state index in [1.807, 2.05) is 0 Å². The van der Waals surface area contributed by atoms with E-state index in [0.29, 0.717) is 12.8 Å². The Bertz CT molecular complexity index is 703. The molecule has 0 aromatic heterocycles. The average Bonchev–Trinajstić information content (AvgIpc) is 3.08. The van der Waals surface area contributed by atoms with E-state index in [1.54, 1.807) is 0 Å². The van der Waals surface area contributed by atoms with E-state index in [-0.39, 0.29) is 21.9 Å². The van der Waals surface area contributed by atoms with E-state index in [0.717, 1.165) is 0 Å². The third kappa shape index (κ3) is 1.73. The summed E-state index contributed by atoms with van der Waals surface area (Å²) in [6, 6.07) is 3.98. The summed E-state index contributed by atoms with van der Waals surface area (Å²) in [6.45, 7) is 0.